The first-order chi connectivity index (χ1) is 4.84. The van der Waals surface area contributed by atoms with Crippen LogP contribution in [0.25, 0.3) is 0 Å². The summed E-state index contributed by atoms with van der Waals surface area (Å²) in [6.45, 7) is 2.79. The predicted molar refractivity (Wildman–Crippen MR) is 40.9 cm³/mol. The van der Waals surface area contributed by atoms with Crippen molar-refractivity contribution in [1.29, 1.82) is 0 Å². The first kappa shape index (κ1) is 7.37. The SMILES string of the molecule is CN1CCNC=C1CNN. The van der Waals surface area contributed by atoms with Gasteiger partial charge < -0.3 is 10.2 Å². The van der Waals surface area contributed by atoms with Crippen molar-refractivity contribution in [3.63, 3.8) is 0 Å². The molecule has 0 unspecified atom stereocenters. The highest BCUT2D eigenvalue weighted by Crippen LogP contribution is 2.00. The van der Waals surface area contributed by atoms with Gasteiger partial charge in [-0.15, -0.1) is 0 Å². The van der Waals surface area contributed by atoms with Crippen molar-refractivity contribution >= 4 is 0 Å². The third kappa shape index (κ3) is 1.62. The second kappa shape index (κ2) is 3.43. The lowest BCUT2D eigenvalue weighted by atomic mass is 10.3. The van der Waals surface area contributed by atoms with Crippen molar-refractivity contribution in [2.24, 2.45) is 5.84 Å². The summed E-state index contributed by atoms with van der Waals surface area (Å²) in [6.07, 6.45) is 1.99. The molecule has 1 aliphatic rings. The Labute approximate surface area is 61.0 Å². The average molecular weight is 142 g/mol. The van der Waals surface area contributed by atoms with E-state index in [4.69, 9.17) is 5.84 Å². The zero-order valence-electron chi connectivity index (χ0n) is 6.22. The Bertz CT molecular complexity index is 132. The van der Waals surface area contributed by atoms with Crippen LogP contribution in [-0.2, 0) is 0 Å². The van der Waals surface area contributed by atoms with Gasteiger partial charge in [-0.2, -0.15) is 0 Å². The maximum atomic E-state index is 5.18. The van der Waals surface area contributed by atoms with E-state index >= 15 is 0 Å². The highest BCUT2D eigenvalue weighted by atomic mass is 15.2. The zero-order chi connectivity index (χ0) is 7.40. The number of nitrogens with zero attached hydrogens (tertiary/aromatic N) is 1. The van der Waals surface area contributed by atoms with Crippen LogP contribution in [0.5, 0.6) is 0 Å². The molecule has 1 heterocycles. The Morgan fingerprint density at radius 2 is 2.70 bits per heavy atom. The highest BCUT2D eigenvalue weighted by molar-refractivity contribution is 5.03. The molecule has 1 rings (SSSR count). The normalized spacial score (nSPS) is 18.2. The summed E-state index contributed by atoms with van der Waals surface area (Å²) in [5.41, 5.74) is 3.82. The third-order valence-corrected chi connectivity index (χ3v) is 1.63. The predicted octanol–water partition coefficient (Wildman–Crippen LogP) is -1.17. The van der Waals surface area contributed by atoms with Crippen molar-refractivity contribution < 1.29 is 0 Å². The standard InChI is InChI=1S/C6H14N4/c1-10-3-2-8-4-6(10)5-9-7/h4,8-9H,2-3,5,7H2,1H3. The number of nitrogens with two attached hydrogens (primary N) is 1. The van der Waals surface area contributed by atoms with Gasteiger partial charge in [-0.05, 0) is 0 Å². The van der Waals surface area contributed by atoms with E-state index in [9.17, 15) is 0 Å². The molecule has 4 nitrogen and oxygen atoms in total. The fourth-order valence-electron chi connectivity index (χ4n) is 0.967. The fraction of sp³-hybridized carbons (Fsp3) is 0.667. The van der Waals surface area contributed by atoms with Crippen LogP contribution in [0.2, 0.25) is 0 Å². The Kier molecular flexibility index (Phi) is 2.53. The molecule has 0 atom stereocenters. The lowest BCUT2D eigenvalue weighted by Crippen LogP contribution is -2.38. The van der Waals surface area contributed by atoms with E-state index in [2.05, 4.69) is 22.7 Å². The van der Waals surface area contributed by atoms with E-state index in [1.54, 1.807) is 0 Å². The minimum absolute atomic E-state index is 0.726. The van der Waals surface area contributed by atoms with Crippen LogP contribution < -0.4 is 16.6 Å². The number of rotatable bonds is 2. The molecule has 0 aromatic rings. The van der Waals surface area contributed by atoms with Crippen molar-refractivity contribution in [3.8, 4) is 0 Å². The van der Waals surface area contributed by atoms with Crippen LogP contribution in [0.1, 0.15) is 0 Å². The van der Waals surface area contributed by atoms with Crippen LogP contribution in [0.4, 0.5) is 0 Å². The maximum absolute atomic E-state index is 5.18. The lowest BCUT2D eigenvalue weighted by Gasteiger charge is -2.26. The Balaban J connectivity index is 2.44. The van der Waals surface area contributed by atoms with Gasteiger partial charge in [-0.1, -0.05) is 0 Å². The highest BCUT2D eigenvalue weighted by Gasteiger charge is 2.06. The molecule has 4 N–H and O–H groups in total. The molecule has 1 aliphatic heterocycles. The monoisotopic (exact) mass is 142 g/mol. The Morgan fingerprint density at radius 1 is 1.90 bits per heavy atom. The summed E-state index contributed by atoms with van der Waals surface area (Å²) in [5.74, 6) is 5.18. The molecule has 4 heteroatoms. The number of nitrogens with one attached hydrogen (secondary N) is 2. The summed E-state index contributed by atoms with van der Waals surface area (Å²) in [4.78, 5) is 2.18. The van der Waals surface area contributed by atoms with E-state index in [0.717, 1.165) is 19.6 Å². The minimum Gasteiger partial charge on any atom is -0.388 e. The molecule has 0 amide bonds. The first-order valence-corrected chi connectivity index (χ1v) is 3.41. The lowest BCUT2D eigenvalue weighted by molar-refractivity contribution is 0.378. The van der Waals surface area contributed by atoms with Gasteiger partial charge in [-0.25, -0.2) is 0 Å². The molecular weight excluding hydrogens is 128 g/mol. The van der Waals surface area contributed by atoms with Crippen LogP contribution >= 0.6 is 0 Å². The van der Waals surface area contributed by atoms with Gasteiger partial charge in [0.05, 0.1) is 6.54 Å². The maximum Gasteiger partial charge on any atom is 0.0513 e. The van der Waals surface area contributed by atoms with Crippen LogP contribution in [-0.4, -0.2) is 31.6 Å². The molecule has 0 aromatic heterocycles. The molecule has 0 bridgehead atoms. The number of hydrogen-bond donors (Lipinski definition) is 3. The number of hydrogen-bond acceptors (Lipinski definition) is 4. The van der Waals surface area contributed by atoms with Gasteiger partial charge in [0.15, 0.2) is 0 Å². The second-order valence-electron chi connectivity index (χ2n) is 2.39. The van der Waals surface area contributed by atoms with Gasteiger partial charge in [0.1, 0.15) is 0 Å². The molecule has 0 saturated carbocycles. The van der Waals surface area contributed by atoms with Crippen molar-refractivity contribution in [1.82, 2.24) is 15.6 Å². The third-order valence-electron chi connectivity index (χ3n) is 1.63. The Morgan fingerprint density at radius 3 is 3.30 bits per heavy atom. The van der Waals surface area contributed by atoms with Crippen LogP contribution in [0.3, 0.4) is 0 Å². The summed E-state index contributed by atoms with van der Waals surface area (Å²) < 4.78 is 0. The quantitative estimate of drug-likeness (QED) is 0.336. The van der Waals surface area contributed by atoms with Crippen molar-refractivity contribution in [2.75, 3.05) is 26.7 Å². The van der Waals surface area contributed by atoms with Crippen molar-refractivity contribution in [3.05, 3.63) is 11.9 Å². The topological polar surface area (TPSA) is 53.3 Å². The molecule has 0 fully saturated rings. The van der Waals surface area contributed by atoms with Gasteiger partial charge in [-0.3, -0.25) is 11.3 Å². The van der Waals surface area contributed by atoms with E-state index in [1.165, 1.54) is 5.70 Å². The molecule has 0 radical (unpaired) electrons. The summed E-state index contributed by atoms with van der Waals surface area (Å²) in [5, 5.41) is 3.15. The largest absolute Gasteiger partial charge is 0.388 e. The first-order valence-electron chi connectivity index (χ1n) is 3.41. The average Bonchev–Trinajstić information content (AvgIpc) is 1.94. The van der Waals surface area contributed by atoms with E-state index < -0.39 is 0 Å². The van der Waals surface area contributed by atoms with Gasteiger partial charge >= 0.3 is 0 Å². The minimum atomic E-state index is 0.726. The van der Waals surface area contributed by atoms with Crippen LogP contribution in [0.15, 0.2) is 11.9 Å². The molecular formula is C6H14N4. The number of likely N-dealkylation sites (N-methyl/N-ethyl adjacent to an activating group) is 1. The second-order valence-corrected chi connectivity index (χ2v) is 2.39. The van der Waals surface area contributed by atoms with Gasteiger partial charge in [0.25, 0.3) is 0 Å². The molecule has 10 heavy (non-hydrogen) atoms. The fourth-order valence-corrected chi connectivity index (χ4v) is 0.967. The van der Waals surface area contributed by atoms with Crippen molar-refractivity contribution in [2.45, 2.75) is 0 Å². The van der Waals surface area contributed by atoms with E-state index in [-0.39, 0.29) is 0 Å². The molecule has 0 spiro atoms. The molecule has 0 aromatic carbocycles. The van der Waals surface area contributed by atoms with E-state index in [1.807, 2.05) is 6.20 Å². The number of hydrazine groups is 1. The molecule has 0 aliphatic carbocycles. The van der Waals surface area contributed by atoms with E-state index in [0.29, 0.717) is 0 Å². The summed E-state index contributed by atoms with van der Waals surface area (Å²) in [7, 11) is 2.06. The zero-order valence-corrected chi connectivity index (χ0v) is 6.22. The Hall–Kier alpha value is -0.740. The smallest absolute Gasteiger partial charge is 0.0513 e. The molecule has 0 saturated heterocycles. The summed E-state index contributed by atoms with van der Waals surface area (Å²) >= 11 is 0. The molecule has 58 valence electrons. The summed E-state index contributed by atoms with van der Waals surface area (Å²) in [6, 6.07) is 0. The van der Waals surface area contributed by atoms with Crippen LogP contribution in [0, 0.1) is 0 Å². The van der Waals surface area contributed by atoms with Gasteiger partial charge in [0, 0.05) is 32.0 Å². The van der Waals surface area contributed by atoms with Gasteiger partial charge in [0.2, 0.25) is 0 Å².